The maximum Gasteiger partial charge on any atom is 0.260 e. The second-order valence-electron chi connectivity index (χ2n) is 7.01. The van der Waals surface area contributed by atoms with Crippen LogP contribution in [0.2, 0.25) is 0 Å². The number of carbonyl (C=O) groups is 1. The first-order chi connectivity index (χ1) is 14.2. The highest BCUT2D eigenvalue weighted by atomic mass is 16.5. The molecule has 0 atom stereocenters. The Hall–Kier alpha value is -3.47. The summed E-state index contributed by atoms with van der Waals surface area (Å²) < 4.78 is 5.89. The largest absolute Gasteiger partial charge is 0.506 e. The third-order valence-electron chi connectivity index (χ3n) is 5.18. The molecule has 1 N–H and O–H groups in total. The van der Waals surface area contributed by atoms with Gasteiger partial charge in [-0.1, -0.05) is 60.7 Å². The van der Waals surface area contributed by atoms with Crippen LogP contribution in [0.25, 0.3) is 11.1 Å². The number of phenols is 1. The van der Waals surface area contributed by atoms with E-state index in [-0.39, 0.29) is 18.3 Å². The average Bonchev–Trinajstić information content (AvgIpc) is 2.79. The number of ether oxygens (including phenoxy) is 1. The summed E-state index contributed by atoms with van der Waals surface area (Å²) in [4.78, 5) is 16.6. The summed E-state index contributed by atoms with van der Waals surface area (Å²) >= 11 is 0. The minimum atomic E-state index is -0.0233. The Morgan fingerprint density at radius 3 is 2.24 bits per heavy atom. The van der Waals surface area contributed by atoms with Crippen molar-refractivity contribution in [2.45, 2.75) is 0 Å². The molecule has 29 heavy (non-hydrogen) atoms. The van der Waals surface area contributed by atoms with Crippen molar-refractivity contribution in [1.29, 1.82) is 0 Å². The number of para-hydroxylation sites is 3. The maximum atomic E-state index is 12.7. The third kappa shape index (κ3) is 4.35. The Morgan fingerprint density at radius 1 is 0.828 bits per heavy atom. The number of carbonyl (C=O) groups excluding carboxylic acids is 1. The molecule has 148 valence electrons. The number of benzene rings is 3. The normalized spacial score (nSPS) is 13.9. The number of hydrogen-bond acceptors (Lipinski definition) is 4. The average molecular weight is 388 g/mol. The lowest BCUT2D eigenvalue weighted by molar-refractivity contribution is -0.133. The van der Waals surface area contributed by atoms with Crippen molar-refractivity contribution in [3.05, 3.63) is 78.9 Å². The van der Waals surface area contributed by atoms with Gasteiger partial charge in [0.2, 0.25) is 0 Å². The fourth-order valence-corrected chi connectivity index (χ4v) is 3.61. The molecular formula is C24H24N2O3. The second kappa shape index (κ2) is 8.69. The molecule has 4 rings (SSSR count). The minimum Gasteiger partial charge on any atom is -0.506 e. The predicted octanol–water partition coefficient (Wildman–Crippen LogP) is 3.79. The molecule has 1 amide bonds. The highest BCUT2D eigenvalue weighted by Gasteiger charge is 2.23. The molecule has 0 aromatic heterocycles. The van der Waals surface area contributed by atoms with Gasteiger partial charge >= 0.3 is 0 Å². The lowest BCUT2D eigenvalue weighted by Gasteiger charge is -2.36. The van der Waals surface area contributed by atoms with Crippen molar-refractivity contribution in [3.63, 3.8) is 0 Å². The molecule has 1 aliphatic rings. The van der Waals surface area contributed by atoms with Crippen LogP contribution in [0, 0.1) is 0 Å². The van der Waals surface area contributed by atoms with Crippen molar-refractivity contribution in [1.82, 2.24) is 4.90 Å². The first-order valence-electron chi connectivity index (χ1n) is 9.80. The van der Waals surface area contributed by atoms with Gasteiger partial charge in [0.1, 0.15) is 11.5 Å². The smallest absolute Gasteiger partial charge is 0.260 e. The van der Waals surface area contributed by atoms with Gasteiger partial charge in [-0.2, -0.15) is 0 Å². The van der Waals surface area contributed by atoms with Crippen molar-refractivity contribution in [3.8, 4) is 22.6 Å². The molecule has 5 nitrogen and oxygen atoms in total. The van der Waals surface area contributed by atoms with Gasteiger partial charge < -0.3 is 19.6 Å². The SMILES string of the molecule is O=C(COc1ccccc1-c1ccccc1)N1CCN(c2ccccc2O)CC1. The summed E-state index contributed by atoms with van der Waals surface area (Å²) in [6.45, 7) is 2.60. The number of aromatic hydroxyl groups is 1. The number of phenolic OH excluding ortho intramolecular Hbond substituents is 1. The zero-order valence-corrected chi connectivity index (χ0v) is 16.2. The Kier molecular flexibility index (Phi) is 5.66. The van der Waals surface area contributed by atoms with E-state index in [0.717, 1.165) is 16.8 Å². The number of nitrogens with zero attached hydrogens (tertiary/aromatic N) is 2. The molecule has 0 unspecified atom stereocenters. The van der Waals surface area contributed by atoms with E-state index in [9.17, 15) is 9.90 Å². The number of anilines is 1. The van der Waals surface area contributed by atoms with E-state index >= 15 is 0 Å². The molecular weight excluding hydrogens is 364 g/mol. The van der Waals surface area contributed by atoms with Gasteiger partial charge in [-0.25, -0.2) is 0 Å². The van der Waals surface area contributed by atoms with Crippen LogP contribution in [0.1, 0.15) is 0 Å². The molecule has 0 aliphatic carbocycles. The minimum absolute atomic E-state index is 0.0143. The van der Waals surface area contributed by atoms with Crippen molar-refractivity contribution >= 4 is 11.6 Å². The Morgan fingerprint density at radius 2 is 1.48 bits per heavy atom. The Labute approximate surface area is 170 Å². The van der Waals surface area contributed by atoms with Crippen molar-refractivity contribution in [2.24, 2.45) is 0 Å². The molecule has 1 fully saturated rings. The Balaban J connectivity index is 1.35. The molecule has 1 aliphatic heterocycles. The van der Waals surface area contributed by atoms with Crippen LogP contribution >= 0.6 is 0 Å². The maximum absolute atomic E-state index is 12.7. The van der Waals surface area contributed by atoms with E-state index in [4.69, 9.17) is 4.74 Å². The summed E-state index contributed by atoms with van der Waals surface area (Å²) in [5.41, 5.74) is 2.85. The van der Waals surface area contributed by atoms with Crippen LogP contribution in [0.3, 0.4) is 0 Å². The van der Waals surface area contributed by atoms with Crippen LogP contribution in [-0.4, -0.2) is 48.7 Å². The van der Waals surface area contributed by atoms with Gasteiger partial charge in [0, 0.05) is 31.7 Å². The van der Waals surface area contributed by atoms with Gasteiger partial charge in [0.25, 0.3) is 5.91 Å². The van der Waals surface area contributed by atoms with E-state index < -0.39 is 0 Å². The zero-order chi connectivity index (χ0) is 20.1. The fraction of sp³-hybridized carbons (Fsp3) is 0.208. The molecule has 0 bridgehead atoms. The van der Waals surface area contributed by atoms with Gasteiger partial charge in [0.05, 0.1) is 5.69 Å². The van der Waals surface area contributed by atoms with Crippen LogP contribution < -0.4 is 9.64 Å². The quantitative estimate of drug-likeness (QED) is 0.723. The number of rotatable bonds is 5. The van der Waals surface area contributed by atoms with Crippen LogP contribution in [-0.2, 0) is 4.79 Å². The monoisotopic (exact) mass is 388 g/mol. The van der Waals surface area contributed by atoms with Crippen molar-refractivity contribution < 1.29 is 14.6 Å². The summed E-state index contributed by atoms with van der Waals surface area (Å²) in [6.07, 6.45) is 0. The lowest BCUT2D eigenvalue weighted by atomic mass is 10.1. The van der Waals surface area contributed by atoms with E-state index in [1.54, 1.807) is 6.07 Å². The lowest BCUT2D eigenvalue weighted by Crippen LogP contribution is -2.50. The molecule has 5 heteroatoms. The summed E-state index contributed by atoms with van der Waals surface area (Å²) in [7, 11) is 0. The molecule has 3 aromatic rings. The van der Waals surface area contributed by atoms with Gasteiger partial charge in [0.15, 0.2) is 6.61 Å². The van der Waals surface area contributed by atoms with Crippen molar-refractivity contribution in [2.75, 3.05) is 37.7 Å². The van der Waals surface area contributed by atoms with Gasteiger partial charge in [-0.3, -0.25) is 4.79 Å². The first kappa shape index (κ1) is 18.9. The summed E-state index contributed by atoms with van der Waals surface area (Å²) in [6, 6.07) is 25.1. The van der Waals surface area contributed by atoms with Gasteiger partial charge in [-0.15, -0.1) is 0 Å². The highest BCUT2D eigenvalue weighted by Crippen LogP contribution is 2.30. The number of piperazine rings is 1. The second-order valence-corrected chi connectivity index (χ2v) is 7.01. The van der Waals surface area contributed by atoms with Crippen LogP contribution in [0.4, 0.5) is 5.69 Å². The molecule has 1 saturated heterocycles. The van der Waals surface area contributed by atoms with Gasteiger partial charge in [-0.05, 0) is 23.8 Å². The number of hydrogen-bond donors (Lipinski definition) is 1. The number of amides is 1. The van der Waals surface area contributed by atoms with E-state index in [1.165, 1.54) is 0 Å². The van der Waals surface area contributed by atoms with E-state index in [1.807, 2.05) is 77.7 Å². The van der Waals surface area contributed by atoms with Crippen LogP contribution in [0.15, 0.2) is 78.9 Å². The first-order valence-corrected chi connectivity index (χ1v) is 9.80. The third-order valence-corrected chi connectivity index (χ3v) is 5.18. The standard InChI is InChI=1S/C24H24N2O3/c27-22-12-6-5-11-21(22)25-14-16-26(17-15-25)24(28)18-29-23-13-7-4-10-20(23)19-8-2-1-3-9-19/h1-13,27H,14-18H2. The zero-order valence-electron chi connectivity index (χ0n) is 16.2. The molecule has 0 radical (unpaired) electrons. The molecule has 0 saturated carbocycles. The fourth-order valence-electron chi connectivity index (χ4n) is 3.61. The summed E-state index contributed by atoms with van der Waals surface area (Å²) in [5.74, 6) is 0.956. The predicted molar refractivity (Wildman–Crippen MR) is 114 cm³/mol. The highest BCUT2D eigenvalue weighted by molar-refractivity contribution is 5.79. The molecule has 0 spiro atoms. The molecule has 3 aromatic carbocycles. The Bertz CT molecular complexity index is 967. The van der Waals surface area contributed by atoms with E-state index in [0.29, 0.717) is 31.9 Å². The molecule has 1 heterocycles. The summed E-state index contributed by atoms with van der Waals surface area (Å²) in [5, 5.41) is 10.0. The van der Waals surface area contributed by atoms with Crippen LogP contribution in [0.5, 0.6) is 11.5 Å². The topological polar surface area (TPSA) is 53.0 Å². The van der Waals surface area contributed by atoms with E-state index in [2.05, 4.69) is 4.90 Å².